The van der Waals surface area contributed by atoms with Crippen molar-refractivity contribution in [1.82, 2.24) is 0 Å². The molecular weight excluding hydrogens is 280 g/mol. The molecule has 0 amide bonds. The summed E-state index contributed by atoms with van der Waals surface area (Å²) in [4.78, 5) is 29.4. The molecule has 0 radical (unpaired) electrons. The van der Waals surface area contributed by atoms with E-state index in [0.29, 0.717) is 11.3 Å². The summed E-state index contributed by atoms with van der Waals surface area (Å²) in [5.74, 6) is -0.145. The lowest BCUT2D eigenvalue weighted by Gasteiger charge is -2.41. The number of rotatable bonds is 5. The Kier molecular flexibility index (Phi) is 5.78. The molecule has 0 aromatic carbocycles. The van der Waals surface area contributed by atoms with Crippen LogP contribution in [-0.4, -0.2) is 28.9 Å². The van der Waals surface area contributed by atoms with Gasteiger partial charge in [0, 0.05) is 0 Å². The van der Waals surface area contributed by atoms with E-state index >= 15 is 0 Å². The fourth-order valence-corrected chi connectivity index (χ4v) is 2.85. The molecule has 2 atom stereocenters. The van der Waals surface area contributed by atoms with Crippen LogP contribution >= 0.6 is 0 Å². The third-order valence-corrected chi connectivity index (χ3v) is 4.17. The summed E-state index contributed by atoms with van der Waals surface area (Å²) in [5.41, 5.74) is 0.627. The second-order valence-electron chi connectivity index (χ2n) is 6.58. The van der Waals surface area contributed by atoms with Crippen LogP contribution in [0.15, 0.2) is 32.9 Å². The van der Waals surface area contributed by atoms with Gasteiger partial charge in [0.2, 0.25) is 12.2 Å². The standard InChI is InChI=1S/C17H24N2O3/c1-10(2)13-7-17(22,12(5)6)16(19-9-21)14(11(3)4)15(13)18-8-20/h7,10-12,16,22H,1-6H3. The summed E-state index contributed by atoms with van der Waals surface area (Å²) in [6.07, 6.45) is 4.82. The van der Waals surface area contributed by atoms with Crippen LogP contribution in [0.4, 0.5) is 0 Å². The van der Waals surface area contributed by atoms with E-state index in [1.165, 1.54) is 0 Å². The molecule has 0 spiro atoms. The largest absolute Gasteiger partial charge is 0.383 e. The molecule has 5 nitrogen and oxygen atoms in total. The Hall–Kier alpha value is -1.80. The molecule has 22 heavy (non-hydrogen) atoms. The van der Waals surface area contributed by atoms with E-state index in [-0.39, 0.29) is 17.8 Å². The Morgan fingerprint density at radius 3 is 2.05 bits per heavy atom. The molecule has 0 saturated carbocycles. The van der Waals surface area contributed by atoms with Crippen LogP contribution < -0.4 is 0 Å². The summed E-state index contributed by atoms with van der Waals surface area (Å²) in [7, 11) is 0. The maximum Gasteiger partial charge on any atom is 0.240 e. The highest BCUT2D eigenvalue weighted by Gasteiger charge is 2.46. The van der Waals surface area contributed by atoms with Crippen LogP contribution in [0.1, 0.15) is 41.5 Å². The Morgan fingerprint density at radius 2 is 1.68 bits per heavy atom. The topological polar surface area (TPSA) is 79.1 Å². The minimum absolute atomic E-state index is 0.0399. The van der Waals surface area contributed by atoms with Gasteiger partial charge in [-0.1, -0.05) is 41.5 Å². The van der Waals surface area contributed by atoms with Crippen molar-refractivity contribution in [3.05, 3.63) is 22.9 Å². The number of isocyanates is 2. The smallest absolute Gasteiger partial charge is 0.240 e. The van der Waals surface area contributed by atoms with Crippen LogP contribution in [-0.2, 0) is 9.59 Å². The van der Waals surface area contributed by atoms with Crippen LogP contribution in [0, 0.1) is 17.8 Å². The summed E-state index contributed by atoms with van der Waals surface area (Å²) in [6.45, 7) is 11.5. The Morgan fingerprint density at radius 1 is 1.09 bits per heavy atom. The van der Waals surface area contributed by atoms with Crippen LogP contribution in [0.25, 0.3) is 0 Å². The molecule has 1 rings (SSSR count). The van der Waals surface area contributed by atoms with Gasteiger partial charge in [-0.2, -0.15) is 9.98 Å². The van der Waals surface area contributed by atoms with Gasteiger partial charge >= 0.3 is 0 Å². The molecule has 1 N–H and O–H groups in total. The first kappa shape index (κ1) is 18.2. The minimum atomic E-state index is -1.31. The summed E-state index contributed by atoms with van der Waals surface area (Å²) in [6, 6.07) is -0.792. The van der Waals surface area contributed by atoms with Gasteiger partial charge in [0.25, 0.3) is 0 Å². The Balaban J connectivity index is 3.80. The van der Waals surface area contributed by atoms with Gasteiger partial charge in [-0.05, 0) is 35.0 Å². The highest BCUT2D eigenvalue weighted by molar-refractivity contribution is 5.53. The number of hydrogen-bond acceptors (Lipinski definition) is 5. The number of allylic oxidation sites excluding steroid dienone is 1. The fourth-order valence-electron chi connectivity index (χ4n) is 2.85. The Bertz CT molecular complexity index is 589. The first-order valence-electron chi connectivity index (χ1n) is 7.55. The van der Waals surface area contributed by atoms with E-state index in [4.69, 9.17) is 0 Å². The second-order valence-corrected chi connectivity index (χ2v) is 6.58. The molecule has 120 valence electrons. The summed E-state index contributed by atoms with van der Waals surface area (Å²) < 4.78 is 0. The predicted octanol–water partition coefficient (Wildman–Crippen LogP) is 2.92. The average molecular weight is 304 g/mol. The van der Waals surface area contributed by atoms with Crippen LogP contribution in [0.2, 0.25) is 0 Å². The van der Waals surface area contributed by atoms with Crippen LogP contribution in [0.5, 0.6) is 0 Å². The SMILES string of the molecule is CC(C)C1=CC(O)(C(C)C)C(N=C=O)C(C(C)C)=C1N=C=O. The minimum Gasteiger partial charge on any atom is -0.383 e. The lowest BCUT2D eigenvalue weighted by Crippen LogP contribution is -2.49. The summed E-state index contributed by atoms with van der Waals surface area (Å²) >= 11 is 0. The van der Waals surface area contributed by atoms with Gasteiger partial charge in [-0.15, -0.1) is 0 Å². The first-order chi connectivity index (χ1) is 10.2. The van der Waals surface area contributed by atoms with Gasteiger partial charge in [-0.25, -0.2) is 9.59 Å². The van der Waals surface area contributed by atoms with Gasteiger partial charge in [0.05, 0.1) is 5.70 Å². The predicted molar refractivity (Wildman–Crippen MR) is 84.6 cm³/mol. The number of aliphatic hydroxyl groups is 1. The van der Waals surface area contributed by atoms with Gasteiger partial charge in [-0.3, -0.25) is 0 Å². The van der Waals surface area contributed by atoms with Crippen LogP contribution in [0.3, 0.4) is 0 Å². The highest BCUT2D eigenvalue weighted by Crippen LogP contribution is 2.43. The first-order valence-corrected chi connectivity index (χ1v) is 7.55. The monoisotopic (exact) mass is 304 g/mol. The van der Waals surface area contributed by atoms with Crippen molar-refractivity contribution in [3.63, 3.8) is 0 Å². The molecule has 0 aromatic rings. The molecule has 0 heterocycles. The van der Waals surface area contributed by atoms with Crippen molar-refractivity contribution in [3.8, 4) is 0 Å². The lowest BCUT2D eigenvalue weighted by molar-refractivity contribution is 0.0232. The zero-order valence-corrected chi connectivity index (χ0v) is 14.0. The third kappa shape index (κ3) is 3.17. The Labute approximate surface area is 131 Å². The molecule has 0 saturated heterocycles. The molecule has 2 unspecified atom stereocenters. The zero-order valence-electron chi connectivity index (χ0n) is 14.0. The second kappa shape index (κ2) is 6.97. The van der Waals surface area contributed by atoms with E-state index in [2.05, 4.69) is 9.98 Å². The van der Waals surface area contributed by atoms with Crippen molar-refractivity contribution in [1.29, 1.82) is 0 Å². The molecule has 5 heteroatoms. The van der Waals surface area contributed by atoms with E-state index in [9.17, 15) is 14.7 Å². The van der Waals surface area contributed by atoms with E-state index in [1.54, 1.807) is 18.2 Å². The molecule has 0 fully saturated rings. The van der Waals surface area contributed by atoms with Crippen molar-refractivity contribution >= 4 is 12.2 Å². The lowest BCUT2D eigenvalue weighted by atomic mass is 9.70. The van der Waals surface area contributed by atoms with E-state index in [0.717, 1.165) is 5.57 Å². The maximum atomic E-state index is 11.1. The highest BCUT2D eigenvalue weighted by atomic mass is 16.3. The normalized spacial score (nSPS) is 25.2. The molecule has 0 aromatic heterocycles. The average Bonchev–Trinajstić information content (AvgIpc) is 2.41. The molecule has 1 aliphatic rings. The van der Waals surface area contributed by atoms with E-state index < -0.39 is 11.6 Å². The third-order valence-electron chi connectivity index (χ3n) is 4.17. The number of carbonyl (C=O) groups excluding carboxylic acids is 2. The van der Waals surface area contributed by atoms with Gasteiger partial charge in [0.15, 0.2) is 0 Å². The van der Waals surface area contributed by atoms with Crippen molar-refractivity contribution < 1.29 is 14.7 Å². The zero-order chi connectivity index (χ0) is 17.1. The number of nitrogens with zero attached hydrogens (tertiary/aromatic N) is 2. The van der Waals surface area contributed by atoms with Gasteiger partial charge in [0.1, 0.15) is 11.6 Å². The maximum absolute atomic E-state index is 11.1. The van der Waals surface area contributed by atoms with Gasteiger partial charge < -0.3 is 5.11 Å². The fraction of sp³-hybridized carbons (Fsp3) is 0.647. The van der Waals surface area contributed by atoms with Crippen molar-refractivity contribution in [2.45, 2.75) is 53.2 Å². The molecule has 0 aliphatic heterocycles. The quantitative estimate of drug-likeness (QED) is 0.626. The molecular formula is C17H24N2O3. The number of aliphatic imine (C=N–C) groups is 2. The number of hydrogen-bond donors (Lipinski definition) is 1. The molecule has 1 aliphatic carbocycles. The summed E-state index contributed by atoms with van der Waals surface area (Å²) in [5, 5.41) is 11.1. The molecule has 0 bridgehead atoms. The van der Waals surface area contributed by atoms with Crippen molar-refractivity contribution in [2.75, 3.05) is 0 Å². The van der Waals surface area contributed by atoms with E-state index in [1.807, 2.05) is 41.5 Å². The van der Waals surface area contributed by atoms with Crippen molar-refractivity contribution in [2.24, 2.45) is 27.7 Å².